The highest BCUT2D eigenvalue weighted by molar-refractivity contribution is 7.93. The SMILES string of the molecule is O=S(=O)(Nc1c(Cl)ncnc1Cl)c1c(Cl)cccc1Cl. The van der Waals surface area contributed by atoms with Crippen LogP contribution in [-0.4, -0.2) is 18.4 Å². The molecule has 1 aromatic heterocycles. The van der Waals surface area contributed by atoms with Gasteiger partial charge in [0.1, 0.15) is 16.9 Å². The van der Waals surface area contributed by atoms with Crippen molar-refractivity contribution in [3.05, 3.63) is 44.9 Å². The highest BCUT2D eigenvalue weighted by Crippen LogP contribution is 2.33. The maximum absolute atomic E-state index is 12.3. The molecular formula is C10H5Cl4N3O2S. The summed E-state index contributed by atoms with van der Waals surface area (Å²) in [6.07, 6.45) is 1.10. The number of benzene rings is 1. The zero-order chi connectivity index (χ0) is 14.9. The largest absolute Gasteiger partial charge is 0.273 e. The molecule has 0 amide bonds. The Bertz CT molecular complexity index is 727. The summed E-state index contributed by atoms with van der Waals surface area (Å²) in [5.74, 6) is 0. The third kappa shape index (κ3) is 3.10. The van der Waals surface area contributed by atoms with Crippen molar-refractivity contribution in [3.63, 3.8) is 0 Å². The molecular weight excluding hydrogens is 368 g/mol. The summed E-state index contributed by atoms with van der Waals surface area (Å²) in [7, 11) is -4.08. The van der Waals surface area contributed by atoms with Gasteiger partial charge in [-0.05, 0) is 12.1 Å². The van der Waals surface area contributed by atoms with Crippen LogP contribution in [0, 0.1) is 0 Å². The smallest absolute Gasteiger partial charge is 0.265 e. The van der Waals surface area contributed by atoms with E-state index < -0.39 is 10.0 Å². The molecule has 0 fully saturated rings. The number of aromatic nitrogens is 2. The van der Waals surface area contributed by atoms with E-state index in [-0.39, 0.29) is 30.9 Å². The summed E-state index contributed by atoms with van der Waals surface area (Å²) in [5.41, 5.74) is -0.146. The van der Waals surface area contributed by atoms with Gasteiger partial charge in [0, 0.05) is 0 Å². The molecule has 0 radical (unpaired) electrons. The summed E-state index contributed by atoms with van der Waals surface area (Å²) in [4.78, 5) is 7.00. The molecule has 0 unspecified atom stereocenters. The van der Waals surface area contributed by atoms with Gasteiger partial charge in [0.15, 0.2) is 10.3 Å². The van der Waals surface area contributed by atoms with Crippen molar-refractivity contribution < 1.29 is 8.42 Å². The van der Waals surface area contributed by atoms with Gasteiger partial charge in [-0.2, -0.15) is 0 Å². The molecule has 0 aliphatic rings. The average Bonchev–Trinajstić information content (AvgIpc) is 2.33. The number of hydrogen-bond donors (Lipinski definition) is 1. The molecule has 1 heterocycles. The molecule has 0 aliphatic carbocycles. The van der Waals surface area contributed by atoms with E-state index in [9.17, 15) is 8.42 Å². The van der Waals surface area contributed by atoms with Gasteiger partial charge in [-0.3, -0.25) is 4.72 Å². The zero-order valence-corrected chi connectivity index (χ0v) is 13.3. The number of sulfonamides is 1. The normalized spacial score (nSPS) is 11.4. The first kappa shape index (κ1) is 15.6. The summed E-state index contributed by atoms with van der Waals surface area (Å²) in [6.45, 7) is 0. The van der Waals surface area contributed by atoms with E-state index in [0.29, 0.717) is 0 Å². The van der Waals surface area contributed by atoms with Crippen LogP contribution in [0.2, 0.25) is 20.4 Å². The quantitative estimate of drug-likeness (QED) is 0.829. The molecule has 106 valence electrons. The lowest BCUT2D eigenvalue weighted by Gasteiger charge is -2.12. The Morgan fingerprint density at radius 3 is 1.95 bits per heavy atom. The second-order valence-corrected chi connectivity index (χ2v) is 6.64. The monoisotopic (exact) mass is 371 g/mol. The van der Waals surface area contributed by atoms with Crippen molar-refractivity contribution in [2.24, 2.45) is 0 Å². The van der Waals surface area contributed by atoms with E-state index in [1.54, 1.807) is 0 Å². The van der Waals surface area contributed by atoms with Gasteiger partial charge in [0.25, 0.3) is 10.0 Å². The predicted molar refractivity (Wildman–Crippen MR) is 79.3 cm³/mol. The van der Waals surface area contributed by atoms with Crippen molar-refractivity contribution >= 4 is 62.1 Å². The summed E-state index contributed by atoms with van der Waals surface area (Å²) >= 11 is 23.3. The molecule has 0 bridgehead atoms. The Kier molecular flexibility index (Phi) is 4.61. The van der Waals surface area contributed by atoms with Crippen LogP contribution < -0.4 is 4.72 Å². The Morgan fingerprint density at radius 1 is 0.950 bits per heavy atom. The van der Waals surface area contributed by atoms with E-state index in [0.717, 1.165) is 6.33 Å². The lowest BCUT2D eigenvalue weighted by molar-refractivity contribution is 0.601. The van der Waals surface area contributed by atoms with Crippen molar-refractivity contribution in [2.75, 3.05) is 4.72 Å². The molecule has 0 aliphatic heterocycles. The van der Waals surface area contributed by atoms with E-state index in [4.69, 9.17) is 46.4 Å². The lowest BCUT2D eigenvalue weighted by Crippen LogP contribution is -2.15. The van der Waals surface area contributed by atoms with E-state index in [1.165, 1.54) is 18.2 Å². The van der Waals surface area contributed by atoms with E-state index >= 15 is 0 Å². The van der Waals surface area contributed by atoms with Crippen LogP contribution in [0.4, 0.5) is 5.69 Å². The molecule has 5 nitrogen and oxygen atoms in total. The van der Waals surface area contributed by atoms with Crippen molar-refractivity contribution in [1.82, 2.24) is 9.97 Å². The average molecular weight is 373 g/mol. The van der Waals surface area contributed by atoms with Gasteiger partial charge >= 0.3 is 0 Å². The number of rotatable bonds is 3. The van der Waals surface area contributed by atoms with Gasteiger partial charge in [-0.1, -0.05) is 52.5 Å². The summed E-state index contributed by atoms with van der Waals surface area (Å²) in [5, 5.41) is -0.350. The minimum atomic E-state index is -4.08. The number of hydrogen-bond acceptors (Lipinski definition) is 4. The molecule has 0 saturated carbocycles. The zero-order valence-electron chi connectivity index (χ0n) is 9.44. The number of anilines is 1. The third-order valence-electron chi connectivity index (χ3n) is 2.18. The molecule has 2 rings (SSSR count). The number of nitrogens with zero attached hydrogens (tertiary/aromatic N) is 2. The second kappa shape index (κ2) is 5.91. The molecule has 0 spiro atoms. The van der Waals surface area contributed by atoms with Crippen molar-refractivity contribution in [3.8, 4) is 0 Å². The van der Waals surface area contributed by atoms with Crippen LogP contribution >= 0.6 is 46.4 Å². The van der Waals surface area contributed by atoms with Crippen LogP contribution in [0.15, 0.2) is 29.4 Å². The first-order chi connectivity index (χ1) is 9.33. The molecule has 10 heteroatoms. The molecule has 20 heavy (non-hydrogen) atoms. The molecule has 1 N–H and O–H groups in total. The van der Waals surface area contributed by atoms with Gasteiger partial charge in [-0.15, -0.1) is 0 Å². The Morgan fingerprint density at radius 2 is 1.45 bits per heavy atom. The first-order valence-electron chi connectivity index (χ1n) is 4.96. The first-order valence-corrected chi connectivity index (χ1v) is 7.95. The van der Waals surface area contributed by atoms with Gasteiger partial charge in [0.05, 0.1) is 10.0 Å². The van der Waals surface area contributed by atoms with Gasteiger partial charge < -0.3 is 0 Å². The molecule has 2 aromatic rings. The van der Waals surface area contributed by atoms with Crippen molar-refractivity contribution in [2.45, 2.75) is 4.90 Å². The Hall–Kier alpha value is -0.790. The van der Waals surface area contributed by atoms with Gasteiger partial charge in [-0.25, -0.2) is 18.4 Å². The molecule has 1 aromatic carbocycles. The second-order valence-electron chi connectivity index (χ2n) is 3.49. The molecule has 0 saturated heterocycles. The topological polar surface area (TPSA) is 72.0 Å². The van der Waals surface area contributed by atoms with Crippen LogP contribution in [0.3, 0.4) is 0 Å². The number of nitrogens with one attached hydrogen (secondary N) is 1. The Balaban J connectivity index is 2.53. The number of halogens is 4. The van der Waals surface area contributed by atoms with Crippen LogP contribution in [0.25, 0.3) is 0 Å². The van der Waals surface area contributed by atoms with Gasteiger partial charge in [0.2, 0.25) is 0 Å². The summed E-state index contributed by atoms with van der Waals surface area (Å²) in [6, 6.07) is 4.31. The molecule has 0 atom stereocenters. The third-order valence-corrected chi connectivity index (χ3v) is 5.06. The summed E-state index contributed by atoms with van der Waals surface area (Å²) < 4.78 is 26.8. The fraction of sp³-hybridized carbons (Fsp3) is 0. The maximum Gasteiger partial charge on any atom is 0.265 e. The van der Waals surface area contributed by atoms with E-state index in [2.05, 4.69) is 14.7 Å². The minimum absolute atomic E-state index is 0.0332. The maximum atomic E-state index is 12.3. The van der Waals surface area contributed by atoms with Crippen LogP contribution in [0.1, 0.15) is 0 Å². The standard InChI is InChI=1S/C10H5Cl4N3O2S/c11-5-2-1-3-6(12)8(5)20(18,19)17-7-9(13)15-4-16-10(7)14/h1-4,17H. The van der Waals surface area contributed by atoms with Crippen LogP contribution in [-0.2, 0) is 10.0 Å². The van der Waals surface area contributed by atoms with Crippen molar-refractivity contribution in [1.29, 1.82) is 0 Å². The minimum Gasteiger partial charge on any atom is -0.273 e. The lowest BCUT2D eigenvalue weighted by atomic mass is 10.4. The fourth-order valence-electron chi connectivity index (χ4n) is 1.35. The highest BCUT2D eigenvalue weighted by Gasteiger charge is 2.24. The fourth-order valence-corrected chi connectivity index (χ4v) is 4.10. The highest BCUT2D eigenvalue weighted by atomic mass is 35.5. The Labute approximate surface area is 134 Å². The van der Waals surface area contributed by atoms with E-state index in [1.807, 2.05) is 0 Å². The predicted octanol–water partition coefficient (Wildman–Crippen LogP) is 3.89. The van der Waals surface area contributed by atoms with Crippen LogP contribution in [0.5, 0.6) is 0 Å².